The lowest BCUT2D eigenvalue weighted by atomic mass is 9.99. The minimum Gasteiger partial charge on any atom is -0.493 e. The molecule has 1 aromatic carbocycles. The first-order valence-electron chi connectivity index (χ1n) is 9.09. The van der Waals surface area contributed by atoms with E-state index in [9.17, 15) is 9.50 Å². The number of halogens is 1. The van der Waals surface area contributed by atoms with E-state index in [1.165, 1.54) is 57.8 Å². The van der Waals surface area contributed by atoms with Crippen molar-refractivity contribution in [3.63, 3.8) is 0 Å². The van der Waals surface area contributed by atoms with E-state index < -0.39 is 6.10 Å². The standard InChI is InChI=1S/C19H28FNO3/c1-23-19-12-14(20)8-9-18(19)24-17-10-11-21(13-16(17)22)15-6-4-2-3-5-7-15/h8-9,12,15-17,22H,2-7,10-11,13H2,1H3/t16-,17-/m1/s1. The zero-order chi connectivity index (χ0) is 16.9. The van der Waals surface area contributed by atoms with E-state index in [4.69, 9.17) is 9.47 Å². The molecule has 2 fully saturated rings. The Morgan fingerprint density at radius 3 is 2.50 bits per heavy atom. The maximum absolute atomic E-state index is 13.3. The van der Waals surface area contributed by atoms with Gasteiger partial charge in [0.25, 0.3) is 0 Å². The molecule has 5 heteroatoms. The number of ether oxygens (including phenoxy) is 2. The van der Waals surface area contributed by atoms with Gasteiger partial charge in [-0.05, 0) is 31.4 Å². The van der Waals surface area contributed by atoms with Crippen molar-refractivity contribution < 1.29 is 19.0 Å². The van der Waals surface area contributed by atoms with Crippen molar-refractivity contribution in [2.24, 2.45) is 0 Å². The summed E-state index contributed by atoms with van der Waals surface area (Å²) in [7, 11) is 1.49. The SMILES string of the molecule is COc1cc(F)ccc1O[C@@H]1CCN(C2CCCCCC2)C[C@H]1O. The molecule has 0 aromatic heterocycles. The van der Waals surface area contributed by atoms with Crippen LogP contribution in [0.3, 0.4) is 0 Å². The number of β-amino-alcohol motifs (C(OH)–C–C–N with tert-alkyl or cyclic N) is 1. The van der Waals surface area contributed by atoms with Crippen molar-refractivity contribution in [2.45, 2.75) is 63.2 Å². The summed E-state index contributed by atoms with van der Waals surface area (Å²) in [6.45, 7) is 1.59. The van der Waals surface area contributed by atoms with Gasteiger partial charge < -0.3 is 14.6 Å². The van der Waals surface area contributed by atoms with Crippen LogP contribution >= 0.6 is 0 Å². The zero-order valence-corrected chi connectivity index (χ0v) is 14.4. The maximum atomic E-state index is 13.3. The van der Waals surface area contributed by atoms with Gasteiger partial charge >= 0.3 is 0 Å². The lowest BCUT2D eigenvalue weighted by Crippen LogP contribution is -2.52. The predicted molar refractivity (Wildman–Crippen MR) is 91.1 cm³/mol. The molecule has 0 radical (unpaired) electrons. The molecule has 3 rings (SSSR count). The van der Waals surface area contributed by atoms with Crippen LogP contribution in [-0.4, -0.2) is 48.5 Å². The quantitative estimate of drug-likeness (QED) is 0.856. The Morgan fingerprint density at radius 2 is 1.83 bits per heavy atom. The molecule has 0 bridgehead atoms. The van der Waals surface area contributed by atoms with E-state index in [1.807, 2.05) is 0 Å². The summed E-state index contributed by atoms with van der Waals surface area (Å²) in [4.78, 5) is 2.43. The van der Waals surface area contributed by atoms with Gasteiger partial charge in [0.2, 0.25) is 0 Å². The molecule has 0 unspecified atom stereocenters. The summed E-state index contributed by atoms with van der Waals surface area (Å²) in [5.41, 5.74) is 0. The van der Waals surface area contributed by atoms with Crippen LogP contribution in [0.2, 0.25) is 0 Å². The molecule has 134 valence electrons. The number of piperidine rings is 1. The van der Waals surface area contributed by atoms with E-state index in [0.717, 1.165) is 13.0 Å². The summed E-state index contributed by atoms with van der Waals surface area (Å²) in [5.74, 6) is 0.502. The molecular formula is C19H28FNO3. The highest BCUT2D eigenvalue weighted by molar-refractivity contribution is 5.40. The number of nitrogens with zero attached hydrogens (tertiary/aromatic N) is 1. The highest BCUT2D eigenvalue weighted by Gasteiger charge is 2.33. The molecule has 1 heterocycles. The lowest BCUT2D eigenvalue weighted by molar-refractivity contribution is -0.0396. The van der Waals surface area contributed by atoms with Crippen LogP contribution in [-0.2, 0) is 0 Å². The van der Waals surface area contributed by atoms with Crippen molar-refractivity contribution in [3.8, 4) is 11.5 Å². The fourth-order valence-electron chi connectivity index (χ4n) is 3.93. The van der Waals surface area contributed by atoms with Gasteiger partial charge in [0.15, 0.2) is 11.5 Å². The van der Waals surface area contributed by atoms with Gasteiger partial charge in [-0.25, -0.2) is 4.39 Å². The van der Waals surface area contributed by atoms with Crippen molar-refractivity contribution >= 4 is 0 Å². The molecule has 1 saturated carbocycles. The fraction of sp³-hybridized carbons (Fsp3) is 0.684. The fourth-order valence-corrected chi connectivity index (χ4v) is 3.93. The first kappa shape index (κ1) is 17.5. The van der Waals surface area contributed by atoms with Crippen LogP contribution in [0, 0.1) is 5.82 Å². The van der Waals surface area contributed by atoms with Crippen molar-refractivity contribution in [1.82, 2.24) is 4.90 Å². The van der Waals surface area contributed by atoms with Crippen LogP contribution in [0.4, 0.5) is 4.39 Å². The van der Waals surface area contributed by atoms with Crippen LogP contribution in [0.15, 0.2) is 18.2 Å². The third kappa shape index (κ3) is 4.19. The molecule has 1 aromatic rings. The Balaban J connectivity index is 1.59. The zero-order valence-electron chi connectivity index (χ0n) is 14.4. The maximum Gasteiger partial charge on any atom is 0.163 e. The molecule has 1 aliphatic carbocycles. The van der Waals surface area contributed by atoms with Gasteiger partial charge in [0.1, 0.15) is 18.0 Å². The van der Waals surface area contributed by atoms with E-state index >= 15 is 0 Å². The molecule has 1 saturated heterocycles. The smallest absolute Gasteiger partial charge is 0.163 e. The molecule has 4 nitrogen and oxygen atoms in total. The topological polar surface area (TPSA) is 41.9 Å². The Labute approximate surface area is 143 Å². The number of hydrogen-bond donors (Lipinski definition) is 1. The molecule has 0 amide bonds. The number of aliphatic hydroxyl groups excluding tert-OH is 1. The summed E-state index contributed by atoms with van der Waals surface area (Å²) >= 11 is 0. The van der Waals surface area contributed by atoms with Gasteiger partial charge in [-0.15, -0.1) is 0 Å². The first-order valence-corrected chi connectivity index (χ1v) is 9.09. The minimum atomic E-state index is -0.531. The van der Waals surface area contributed by atoms with Crippen LogP contribution in [0.25, 0.3) is 0 Å². The van der Waals surface area contributed by atoms with Crippen molar-refractivity contribution in [2.75, 3.05) is 20.2 Å². The summed E-state index contributed by atoms with van der Waals surface area (Å²) < 4.78 is 24.4. The Hall–Kier alpha value is -1.33. The molecule has 2 aliphatic rings. The summed E-state index contributed by atoms with van der Waals surface area (Å²) in [6, 6.07) is 4.83. The Morgan fingerprint density at radius 1 is 1.08 bits per heavy atom. The van der Waals surface area contributed by atoms with Gasteiger partial charge in [-0.3, -0.25) is 4.90 Å². The third-order valence-electron chi connectivity index (χ3n) is 5.30. The van der Waals surface area contributed by atoms with Gasteiger partial charge in [0, 0.05) is 25.2 Å². The van der Waals surface area contributed by atoms with Gasteiger partial charge in [0.05, 0.1) is 7.11 Å². The van der Waals surface area contributed by atoms with Crippen molar-refractivity contribution in [1.29, 1.82) is 0 Å². The number of aliphatic hydroxyl groups is 1. The number of methoxy groups -OCH3 is 1. The third-order valence-corrected chi connectivity index (χ3v) is 5.30. The predicted octanol–water partition coefficient (Wildman–Crippen LogP) is 3.37. The molecule has 0 spiro atoms. The van der Waals surface area contributed by atoms with Crippen molar-refractivity contribution in [3.05, 3.63) is 24.0 Å². The molecule has 1 N–H and O–H groups in total. The molecular weight excluding hydrogens is 309 g/mol. The summed E-state index contributed by atoms with van der Waals surface area (Å²) in [5, 5.41) is 10.5. The minimum absolute atomic E-state index is 0.272. The Kier molecular flexibility index (Phi) is 5.95. The molecule has 24 heavy (non-hydrogen) atoms. The average Bonchev–Trinajstić information content (AvgIpc) is 2.87. The lowest BCUT2D eigenvalue weighted by Gasteiger charge is -2.40. The monoisotopic (exact) mass is 337 g/mol. The van der Waals surface area contributed by atoms with E-state index in [-0.39, 0.29) is 11.9 Å². The van der Waals surface area contributed by atoms with Gasteiger partial charge in [-0.1, -0.05) is 25.7 Å². The number of benzene rings is 1. The summed E-state index contributed by atoms with van der Waals surface area (Å²) in [6.07, 6.45) is 7.72. The highest BCUT2D eigenvalue weighted by Crippen LogP contribution is 2.31. The molecule has 1 aliphatic heterocycles. The van der Waals surface area contributed by atoms with E-state index in [1.54, 1.807) is 6.07 Å². The van der Waals surface area contributed by atoms with Gasteiger partial charge in [-0.2, -0.15) is 0 Å². The normalized spacial score (nSPS) is 26.8. The highest BCUT2D eigenvalue weighted by atomic mass is 19.1. The number of hydrogen-bond acceptors (Lipinski definition) is 4. The van der Waals surface area contributed by atoms with Crippen LogP contribution < -0.4 is 9.47 Å². The second kappa shape index (κ2) is 8.17. The second-order valence-corrected chi connectivity index (χ2v) is 6.95. The number of likely N-dealkylation sites (tertiary alicyclic amines) is 1. The van der Waals surface area contributed by atoms with Crippen LogP contribution in [0.1, 0.15) is 44.9 Å². The van der Waals surface area contributed by atoms with E-state index in [2.05, 4.69) is 4.90 Å². The molecule has 2 atom stereocenters. The second-order valence-electron chi connectivity index (χ2n) is 6.95. The number of rotatable bonds is 4. The Bertz CT molecular complexity index is 531. The first-order chi connectivity index (χ1) is 11.7. The van der Waals surface area contributed by atoms with Crippen LogP contribution in [0.5, 0.6) is 11.5 Å². The largest absolute Gasteiger partial charge is 0.493 e. The average molecular weight is 337 g/mol. The van der Waals surface area contributed by atoms with E-state index in [0.29, 0.717) is 24.1 Å².